The number of ether oxygens (including phenoxy) is 1. The molecule has 9 heteroatoms. The molecule has 1 aliphatic rings. The Bertz CT molecular complexity index is 1330. The van der Waals surface area contributed by atoms with E-state index in [4.69, 9.17) is 16.3 Å². The molecule has 3 aromatic carbocycles. The normalized spacial score (nSPS) is 16.8. The van der Waals surface area contributed by atoms with Gasteiger partial charge in [0.2, 0.25) is 0 Å². The first-order valence-corrected chi connectivity index (χ1v) is 12.1. The predicted molar refractivity (Wildman–Crippen MR) is 134 cm³/mol. The first-order valence-electron chi connectivity index (χ1n) is 11.7. The summed E-state index contributed by atoms with van der Waals surface area (Å²) >= 11 is 6.00. The quantitative estimate of drug-likeness (QED) is 0.327. The van der Waals surface area contributed by atoms with Crippen LogP contribution in [0.4, 0.5) is 18.9 Å². The van der Waals surface area contributed by atoms with Crippen molar-refractivity contribution in [2.45, 2.75) is 38.8 Å². The summed E-state index contributed by atoms with van der Waals surface area (Å²) in [6.07, 6.45) is -3.71. The number of halogens is 4. The molecule has 2 N–H and O–H groups in total. The van der Waals surface area contributed by atoms with Crippen LogP contribution in [0.5, 0.6) is 5.75 Å². The lowest BCUT2D eigenvalue weighted by molar-refractivity contribution is -0.139. The molecule has 194 valence electrons. The summed E-state index contributed by atoms with van der Waals surface area (Å²) in [4.78, 5) is 24.3. The zero-order valence-electron chi connectivity index (χ0n) is 20.2. The van der Waals surface area contributed by atoms with Gasteiger partial charge in [0.15, 0.2) is 0 Å². The van der Waals surface area contributed by atoms with Gasteiger partial charge in [-0.1, -0.05) is 29.8 Å². The Morgan fingerprint density at radius 3 is 2.38 bits per heavy atom. The number of hydrogen-bond acceptors (Lipinski definition) is 3. The number of hydrogen-bond donors (Lipinski definition) is 2. The summed E-state index contributed by atoms with van der Waals surface area (Å²) in [5.41, 5.74) is 1.42. The molecule has 0 saturated heterocycles. The minimum atomic E-state index is -4.69. The second-order valence-electron chi connectivity index (χ2n) is 9.20. The Morgan fingerprint density at radius 1 is 1.08 bits per heavy atom. The average Bonchev–Trinajstić information content (AvgIpc) is 3.59. The molecule has 0 unspecified atom stereocenters. The molecule has 0 radical (unpaired) electrons. The van der Waals surface area contributed by atoms with Crippen LogP contribution in [0, 0.1) is 19.8 Å². The van der Waals surface area contributed by atoms with Gasteiger partial charge < -0.3 is 15.2 Å². The highest BCUT2D eigenvalue weighted by Crippen LogP contribution is 2.49. The Balaban J connectivity index is 1.51. The molecule has 3 aromatic rings. The van der Waals surface area contributed by atoms with Crippen LogP contribution in [0.1, 0.15) is 50.5 Å². The molecule has 1 amide bonds. The highest BCUT2D eigenvalue weighted by atomic mass is 35.5. The van der Waals surface area contributed by atoms with Crippen molar-refractivity contribution < 1.29 is 32.6 Å². The summed E-state index contributed by atoms with van der Waals surface area (Å²) in [5.74, 6) is -2.14. The second-order valence-corrected chi connectivity index (χ2v) is 9.64. The van der Waals surface area contributed by atoms with Gasteiger partial charge in [-0.25, -0.2) is 0 Å². The van der Waals surface area contributed by atoms with Crippen LogP contribution in [0.15, 0.2) is 54.6 Å². The number of carbonyl (C=O) groups excluding carboxylic acids is 1. The number of aryl methyl sites for hydroxylation is 2. The third-order valence-electron chi connectivity index (χ3n) is 6.41. The maximum absolute atomic E-state index is 13.7. The number of rotatable bonds is 8. The van der Waals surface area contributed by atoms with Crippen molar-refractivity contribution in [1.82, 2.24) is 0 Å². The number of carboxylic acid groups (broad SMARTS) is 1. The van der Waals surface area contributed by atoms with E-state index in [-0.39, 0.29) is 11.5 Å². The predicted octanol–water partition coefficient (Wildman–Crippen LogP) is 7.04. The van der Waals surface area contributed by atoms with Crippen LogP contribution in [0.3, 0.4) is 0 Å². The summed E-state index contributed by atoms with van der Waals surface area (Å²) < 4.78 is 46.8. The Hall–Kier alpha value is -3.52. The van der Waals surface area contributed by atoms with Crippen LogP contribution in [0.25, 0.3) is 0 Å². The highest BCUT2D eigenvalue weighted by molar-refractivity contribution is 6.30. The summed E-state index contributed by atoms with van der Waals surface area (Å²) in [6.45, 7) is 3.76. The van der Waals surface area contributed by atoms with Crippen LogP contribution in [-0.2, 0) is 17.4 Å². The smallest absolute Gasteiger partial charge is 0.418 e. The van der Waals surface area contributed by atoms with Crippen molar-refractivity contribution in [3.8, 4) is 5.75 Å². The molecule has 0 bridgehead atoms. The molecular formula is C28H25ClF3NO4. The van der Waals surface area contributed by atoms with Crippen molar-refractivity contribution >= 4 is 29.2 Å². The zero-order valence-corrected chi connectivity index (χ0v) is 20.9. The van der Waals surface area contributed by atoms with Crippen LogP contribution in [-0.4, -0.2) is 23.6 Å². The van der Waals surface area contributed by atoms with Gasteiger partial charge in [0, 0.05) is 17.0 Å². The molecule has 1 saturated carbocycles. The molecule has 1 aliphatic carbocycles. The number of anilines is 1. The summed E-state index contributed by atoms with van der Waals surface area (Å²) in [5, 5.41) is 12.2. The van der Waals surface area contributed by atoms with Gasteiger partial charge in [0.05, 0.1) is 23.8 Å². The van der Waals surface area contributed by atoms with Gasteiger partial charge in [-0.15, -0.1) is 0 Å². The summed E-state index contributed by atoms with van der Waals surface area (Å²) in [6, 6.07) is 14.2. The molecule has 0 aliphatic heterocycles. The zero-order chi connectivity index (χ0) is 26.9. The van der Waals surface area contributed by atoms with Crippen molar-refractivity contribution in [3.05, 3.63) is 93.0 Å². The van der Waals surface area contributed by atoms with Gasteiger partial charge in [-0.2, -0.15) is 13.2 Å². The minimum absolute atomic E-state index is 0.246. The van der Waals surface area contributed by atoms with Crippen molar-refractivity contribution in [3.63, 3.8) is 0 Å². The molecule has 0 aromatic heterocycles. The standard InChI is InChI=1S/C28H25ClF3NO4/c1-15-10-20(37-9-8-17-4-3-5-19(29)12-17)11-16(2)25(15)26(34)33-24-13-18(21-14-22(21)27(35)36)6-7-23(24)28(30,31)32/h3-7,10-13,21-22H,8-9,14H2,1-2H3,(H,33,34)(H,35,36)/t21-,22-/m1/s1. The Morgan fingerprint density at radius 2 is 1.78 bits per heavy atom. The lowest BCUT2D eigenvalue weighted by Gasteiger charge is -2.17. The van der Waals surface area contributed by atoms with Crippen molar-refractivity contribution in [2.24, 2.45) is 5.92 Å². The first-order chi connectivity index (χ1) is 17.4. The van der Waals surface area contributed by atoms with E-state index in [9.17, 15) is 27.9 Å². The molecule has 5 nitrogen and oxygen atoms in total. The molecular weight excluding hydrogens is 507 g/mol. The lowest BCUT2D eigenvalue weighted by Crippen LogP contribution is -2.19. The average molecular weight is 532 g/mol. The van der Waals surface area contributed by atoms with Gasteiger partial charge in [0.1, 0.15) is 5.75 Å². The molecule has 4 rings (SSSR count). The van der Waals surface area contributed by atoms with E-state index < -0.39 is 35.2 Å². The minimum Gasteiger partial charge on any atom is -0.493 e. The molecule has 1 fully saturated rings. The third kappa shape index (κ3) is 6.25. The van der Waals surface area contributed by atoms with E-state index >= 15 is 0 Å². The molecule has 0 heterocycles. The van der Waals surface area contributed by atoms with E-state index in [1.165, 1.54) is 12.1 Å². The van der Waals surface area contributed by atoms with Gasteiger partial charge in [-0.05, 0) is 84.8 Å². The summed E-state index contributed by atoms with van der Waals surface area (Å²) in [7, 11) is 0. The Labute approximate surface area is 217 Å². The van der Waals surface area contributed by atoms with E-state index in [2.05, 4.69) is 5.32 Å². The maximum atomic E-state index is 13.7. The highest BCUT2D eigenvalue weighted by Gasteiger charge is 2.45. The number of amides is 1. The number of nitrogens with one attached hydrogen (secondary N) is 1. The topological polar surface area (TPSA) is 75.6 Å². The number of aliphatic carboxylic acids is 1. The lowest BCUT2D eigenvalue weighted by atomic mass is 10.00. The van der Waals surface area contributed by atoms with Gasteiger partial charge in [-0.3, -0.25) is 9.59 Å². The molecule has 2 atom stereocenters. The van der Waals surface area contributed by atoms with Crippen LogP contribution >= 0.6 is 11.6 Å². The third-order valence-corrected chi connectivity index (χ3v) is 6.65. The SMILES string of the molecule is Cc1cc(OCCc2cccc(Cl)c2)cc(C)c1C(=O)Nc1cc([C@H]2C[C@H]2C(=O)O)ccc1C(F)(F)F. The van der Waals surface area contributed by atoms with Gasteiger partial charge in [0.25, 0.3) is 5.91 Å². The van der Waals surface area contributed by atoms with Gasteiger partial charge >= 0.3 is 12.1 Å². The van der Waals surface area contributed by atoms with E-state index in [0.29, 0.717) is 46.9 Å². The van der Waals surface area contributed by atoms with Crippen LogP contribution in [0.2, 0.25) is 5.02 Å². The molecule has 37 heavy (non-hydrogen) atoms. The maximum Gasteiger partial charge on any atom is 0.418 e. The number of carboxylic acids is 1. The number of carbonyl (C=O) groups is 2. The van der Waals surface area contributed by atoms with Crippen LogP contribution < -0.4 is 10.1 Å². The molecule has 0 spiro atoms. The van der Waals surface area contributed by atoms with Crippen molar-refractivity contribution in [1.29, 1.82) is 0 Å². The number of benzene rings is 3. The van der Waals surface area contributed by atoms with E-state index in [1.807, 2.05) is 18.2 Å². The Kier molecular flexibility index (Phi) is 7.50. The monoisotopic (exact) mass is 531 g/mol. The fourth-order valence-electron chi connectivity index (χ4n) is 4.51. The van der Waals surface area contributed by atoms with Crippen molar-refractivity contribution in [2.75, 3.05) is 11.9 Å². The van der Waals surface area contributed by atoms with E-state index in [1.54, 1.807) is 32.0 Å². The fourth-order valence-corrected chi connectivity index (χ4v) is 4.72. The fraction of sp³-hybridized carbons (Fsp3) is 0.286. The second kappa shape index (κ2) is 10.5. The number of alkyl halides is 3. The first kappa shape index (κ1) is 26.5. The van der Waals surface area contributed by atoms with E-state index in [0.717, 1.165) is 11.6 Å². The largest absolute Gasteiger partial charge is 0.493 e.